The second-order valence-electron chi connectivity index (χ2n) is 6.33. The predicted octanol–water partition coefficient (Wildman–Crippen LogP) is 4.13. The first-order chi connectivity index (χ1) is 10.0. The zero-order chi connectivity index (χ0) is 15.0. The number of benzene rings is 1. The number of nitrogens with one attached hydrogen (secondary N) is 1. The Balaban J connectivity index is 1.80. The minimum Gasteiger partial charge on any atom is -0.477 e. The molecule has 21 heavy (non-hydrogen) atoms. The van der Waals surface area contributed by atoms with Crippen molar-refractivity contribution in [3.05, 3.63) is 34.7 Å². The smallest absolute Gasteiger partial charge is 0.346 e. The van der Waals surface area contributed by atoms with E-state index in [1.165, 1.54) is 24.2 Å². The third kappa shape index (κ3) is 2.70. The number of carbonyl (C=O) groups is 1. The Hall–Kier alpha value is -1.39. The van der Waals surface area contributed by atoms with Crippen LogP contribution in [-0.2, 0) is 6.54 Å². The molecular weight excluding hydrogens is 282 g/mol. The van der Waals surface area contributed by atoms with E-state index in [-0.39, 0.29) is 0 Å². The lowest BCUT2D eigenvalue weighted by Crippen LogP contribution is -2.27. The van der Waals surface area contributed by atoms with Gasteiger partial charge >= 0.3 is 5.97 Å². The zero-order valence-electron chi connectivity index (χ0n) is 12.5. The van der Waals surface area contributed by atoms with Gasteiger partial charge in [0.25, 0.3) is 0 Å². The summed E-state index contributed by atoms with van der Waals surface area (Å²) in [6.45, 7) is 6.17. The number of carboxylic acids is 1. The zero-order valence-corrected chi connectivity index (χ0v) is 13.3. The van der Waals surface area contributed by atoms with Gasteiger partial charge in [0.1, 0.15) is 4.88 Å². The molecule has 1 aromatic carbocycles. The molecule has 1 aliphatic rings. The van der Waals surface area contributed by atoms with Crippen LogP contribution in [0, 0.1) is 11.3 Å². The lowest BCUT2D eigenvalue weighted by molar-refractivity contribution is 0.0701. The Morgan fingerprint density at radius 1 is 1.38 bits per heavy atom. The van der Waals surface area contributed by atoms with Crippen LogP contribution in [0.1, 0.15) is 41.9 Å². The van der Waals surface area contributed by atoms with E-state index in [9.17, 15) is 9.90 Å². The van der Waals surface area contributed by atoms with Crippen LogP contribution in [0.5, 0.6) is 0 Å². The van der Waals surface area contributed by atoms with Crippen LogP contribution >= 0.6 is 11.3 Å². The monoisotopic (exact) mass is 303 g/mol. The topological polar surface area (TPSA) is 49.3 Å². The number of thiophene rings is 1. The van der Waals surface area contributed by atoms with Gasteiger partial charge in [-0.05, 0) is 41.2 Å². The maximum absolute atomic E-state index is 11.5. The molecule has 3 rings (SSSR count). The van der Waals surface area contributed by atoms with Crippen LogP contribution in [-0.4, -0.2) is 17.6 Å². The average molecular weight is 303 g/mol. The highest BCUT2D eigenvalue weighted by Gasteiger charge is 2.44. The van der Waals surface area contributed by atoms with Crippen molar-refractivity contribution in [2.24, 2.45) is 11.3 Å². The molecule has 0 spiro atoms. The van der Waals surface area contributed by atoms with Crippen LogP contribution in [0.4, 0.5) is 0 Å². The Kier molecular flexibility index (Phi) is 3.76. The molecule has 1 aliphatic carbocycles. The molecule has 0 saturated heterocycles. The lowest BCUT2D eigenvalue weighted by Gasteiger charge is -2.20. The molecule has 4 heteroatoms. The third-order valence-electron chi connectivity index (χ3n) is 4.79. The molecule has 0 unspecified atom stereocenters. The van der Waals surface area contributed by atoms with E-state index < -0.39 is 5.97 Å². The average Bonchev–Trinajstić information content (AvgIpc) is 3.15. The quantitative estimate of drug-likeness (QED) is 0.843. The highest BCUT2D eigenvalue weighted by molar-refractivity contribution is 7.21. The Morgan fingerprint density at radius 3 is 2.71 bits per heavy atom. The van der Waals surface area contributed by atoms with Gasteiger partial charge in [-0.25, -0.2) is 4.79 Å². The number of hydrogen-bond acceptors (Lipinski definition) is 3. The summed E-state index contributed by atoms with van der Waals surface area (Å²) in [4.78, 5) is 11.9. The van der Waals surface area contributed by atoms with Gasteiger partial charge in [0.05, 0.1) is 0 Å². The summed E-state index contributed by atoms with van der Waals surface area (Å²) in [5, 5.41) is 14.0. The fraction of sp³-hybridized carbons (Fsp3) is 0.471. The van der Waals surface area contributed by atoms with Gasteiger partial charge in [-0.2, -0.15) is 0 Å². The minimum atomic E-state index is -0.821. The van der Waals surface area contributed by atoms with Crippen molar-refractivity contribution in [1.29, 1.82) is 0 Å². The molecule has 2 aromatic rings. The van der Waals surface area contributed by atoms with Crippen molar-refractivity contribution in [3.8, 4) is 0 Å². The van der Waals surface area contributed by atoms with E-state index in [2.05, 4.69) is 19.2 Å². The largest absolute Gasteiger partial charge is 0.477 e. The molecule has 0 bridgehead atoms. The van der Waals surface area contributed by atoms with Crippen LogP contribution in [0.3, 0.4) is 0 Å². The summed E-state index contributed by atoms with van der Waals surface area (Å²) in [6.07, 6.45) is 2.57. The van der Waals surface area contributed by atoms with Gasteiger partial charge in [0.2, 0.25) is 0 Å². The first kappa shape index (κ1) is 14.5. The number of carboxylic acid groups (broad SMARTS) is 1. The summed E-state index contributed by atoms with van der Waals surface area (Å²) in [7, 11) is 0. The third-order valence-corrected chi connectivity index (χ3v) is 5.99. The van der Waals surface area contributed by atoms with Gasteiger partial charge in [-0.15, -0.1) is 11.3 Å². The van der Waals surface area contributed by atoms with Gasteiger partial charge in [-0.1, -0.05) is 32.0 Å². The van der Waals surface area contributed by atoms with E-state index in [1.54, 1.807) is 0 Å². The molecule has 0 atom stereocenters. The van der Waals surface area contributed by atoms with E-state index >= 15 is 0 Å². The summed E-state index contributed by atoms with van der Waals surface area (Å²) < 4.78 is 1.05. The van der Waals surface area contributed by atoms with Crippen LogP contribution in [0.2, 0.25) is 0 Å². The van der Waals surface area contributed by atoms with Crippen molar-refractivity contribution in [3.63, 3.8) is 0 Å². The highest BCUT2D eigenvalue weighted by Crippen LogP contribution is 2.51. The van der Waals surface area contributed by atoms with Crippen molar-refractivity contribution in [1.82, 2.24) is 5.32 Å². The maximum Gasteiger partial charge on any atom is 0.346 e. The molecule has 1 saturated carbocycles. The lowest BCUT2D eigenvalue weighted by atomic mass is 9.92. The Morgan fingerprint density at radius 2 is 2.10 bits per heavy atom. The minimum absolute atomic E-state index is 0.440. The van der Waals surface area contributed by atoms with Gasteiger partial charge in [-0.3, -0.25) is 0 Å². The molecule has 0 radical (unpaired) electrons. The number of aromatic carboxylic acids is 1. The van der Waals surface area contributed by atoms with E-state index in [0.717, 1.165) is 22.2 Å². The molecule has 1 heterocycles. The van der Waals surface area contributed by atoms with Gasteiger partial charge in [0.15, 0.2) is 0 Å². The Labute approximate surface area is 129 Å². The first-order valence-corrected chi connectivity index (χ1v) is 8.29. The molecule has 2 N–H and O–H groups in total. The normalized spacial score (nSPS) is 16.5. The standard InChI is InChI=1S/C17H21NO2S/c1-11(2)17(7-8-17)10-18-9-13-12-5-3-4-6-14(12)21-15(13)16(19)20/h3-6,11,18H,7-10H2,1-2H3,(H,19,20). The summed E-state index contributed by atoms with van der Waals surface area (Å²) in [5.74, 6) is -0.138. The number of fused-ring (bicyclic) bond motifs is 1. The molecule has 3 nitrogen and oxygen atoms in total. The maximum atomic E-state index is 11.5. The van der Waals surface area contributed by atoms with Crippen molar-refractivity contribution in [2.45, 2.75) is 33.2 Å². The summed E-state index contributed by atoms with van der Waals surface area (Å²) >= 11 is 1.37. The summed E-state index contributed by atoms with van der Waals surface area (Å²) in [5.41, 5.74) is 1.37. The molecular formula is C17H21NO2S. The predicted molar refractivity (Wildman–Crippen MR) is 87.0 cm³/mol. The van der Waals surface area contributed by atoms with Gasteiger partial charge in [0, 0.05) is 17.8 Å². The van der Waals surface area contributed by atoms with Crippen molar-refractivity contribution in [2.75, 3.05) is 6.54 Å². The van der Waals surface area contributed by atoms with E-state index in [4.69, 9.17) is 0 Å². The Bertz CT molecular complexity index is 670. The van der Waals surface area contributed by atoms with Crippen molar-refractivity contribution < 1.29 is 9.90 Å². The van der Waals surface area contributed by atoms with Crippen LogP contribution in [0.15, 0.2) is 24.3 Å². The first-order valence-electron chi connectivity index (χ1n) is 7.48. The highest BCUT2D eigenvalue weighted by atomic mass is 32.1. The second-order valence-corrected chi connectivity index (χ2v) is 7.38. The number of hydrogen-bond donors (Lipinski definition) is 2. The molecule has 0 amide bonds. The van der Waals surface area contributed by atoms with E-state index in [1.807, 2.05) is 24.3 Å². The van der Waals surface area contributed by atoms with E-state index in [0.29, 0.717) is 22.8 Å². The summed E-state index contributed by atoms with van der Waals surface area (Å²) in [6, 6.07) is 7.94. The fourth-order valence-corrected chi connectivity index (χ4v) is 4.06. The molecule has 112 valence electrons. The number of rotatable bonds is 6. The molecule has 0 aliphatic heterocycles. The van der Waals surface area contributed by atoms with Crippen LogP contribution in [0.25, 0.3) is 10.1 Å². The SMILES string of the molecule is CC(C)C1(CNCc2c(C(=O)O)sc3ccccc23)CC1. The molecule has 1 aromatic heterocycles. The second kappa shape index (κ2) is 5.43. The fourth-order valence-electron chi connectivity index (χ4n) is 3.00. The van der Waals surface area contributed by atoms with Crippen molar-refractivity contribution >= 4 is 27.4 Å². The molecule has 1 fully saturated rings. The van der Waals surface area contributed by atoms with Crippen LogP contribution < -0.4 is 5.32 Å². The van der Waals surface area contributed by atoms with Gasteiger partial charge < -0.3 is 10.4 Å².